The van der Waals surface area contributed by atoms with Crippen molar-refractivity contribution in [2.75, 3.05) is 6.54 Å². The van der Waals surface area contributed by atoms with E-state index in [1.165, 1.54) is 0 Å². The lowest BCUT2D eigenvalue weighted by Crippen LogP contribution is -2.49. The monoisotopic (exact) mass is 184 g/mol. The summed E-state index contributed by atoms with van der Waals surface area (Å²) in [6, 6.07) is -0.308. The van der Waals surface area contributed by atoms with Crippen molar-refractivity contribution in [3.63, 3.8) is 0 Å². The minimum atomic E-state index is -0.308. The van der Waals surface area contributed by atoms with Gasteiger partial charge in [-0.2, -0.15) is 0 Å². The van der Waals surface area contributed by atoms with Crippen LogP contribution in [0.15, 0.2) is 0 Å². The number of amides is 1. The van der Waals surface area contributed by atoms with Gasteiger partial charge in [0.05, 0.1) is 6.04 Å². The summed E-state index contributed by atoms with van der Waals surface area (Å²) in [5.41, 5.74) is 5.74. The van der Waals surface area contributed by atoms with Crippen molar-refractivity contribution in [1.82, 2.24) is 4.90 Å². The van der Waals surface area contributed by atoms with Crippen LogP contribution in [0.2, 0.25) is 0 Å². The molecule has 2 N–H and O–H groups in total. The highest BCUT2D eigenvalue weighted by atomic mass is 16.2. The van der Waals surface area contributed by atoms with Gasteiger partial charge in [0.15, 0.2) is 0 Å². The Hall–Kier alpha value is -0.570. The zero-order valence-corrected chi connectivity index (χ0v) is 8.84. The molecule has 0 saturated carbocycles. The van der Waals surface area contributed by atoms with E-state index in [1.54, 1.807) is 0 Å². The summed E-state index contributed by atoms with van der Waals surface area (Å²) in [5.74, 6) is 0.116. The van der Waals surface area contributed by atoms with Crippen LogP contribution in [0.1, 0.15) is 40.0 Å². The predicted molar refractivity (Wildman–Crippen MR) is 53.3 cm³/mol. The second-order valence-electron chi connectivity index (χ2n) is 4.42. The molecule has 1 rings (SSSR count). The number of nitrogens with zero attached hydrogens (tertiary/aromatic N) is 1. The van der Waals surface area contributed by atoms with Gasteiger partial charge in [0.25, 0.3) is 0 Å². The molecule has 0 spiro atoms. The Morgan fingerprint density at radius 1 is 1.62 bits per heavy atom. The van der Waals surface area contributed by atoms with Gasteiger partial charge in [0.2, 0.25) is 5.91 Å². The van der Waals surface area contributed by atoms with Crippen molar-refractivity contribution in [2.24, 2.45) is 5.73 Å². The molecule has 0 bridgehead atoms. The van der Waals surface area contributed by atoms with E-state index in [4.69, 9.17) is 5.73 Å². The van der Waals surface area contributed by atoms with Crippen LogP contribution in [0.5, 0.6) is 0 Å². The average molecular weight is 184 g/mol. The van der Waals surface area contributed by atoms with E-state index >= 15 is 0 Å². The van der Waals surface area contributed by atoms with Crippen LogP contribution >= 0.6 is 0 Å². The molecule has 1 heterocycles. The lowest BCUT2D eigenvalue weighted by atomic mass is 10.0. The standard InChI is InChI=1S/C10H20N2O/c1-4-8(11)9(13)12-7-5-6-10(12,2)3/h8H,4-7,11H2,1-3H3/t8-/m1/s1. The zero-order valence-electron chi connectivity index (χ0n) is 8.84. The molecule has 0 aromatic carbocycles. The largest absolute Gasteiger partial charge is 0.336 e. The van der Waals surface area contributed by atoms with E-state index in [0.717, 1.165) is 25.8 Å². The van der Waals surface area contributed by atoms with Gasteiger partial charge in [-0.1, -0.05) is 6.92 Å². The maximum Gasteiger partial charge on any atom is 0.239 e. The summed E-state index contributed by atoms with van der Waals surface area (Å²) in [6.07, 6.45) is 2.93. The molecule has 0 aliphatic carbocycles. The zero-order chi connectivity index (χ0) is 10.1. The van der Waals surface area contributed by atoms with Gasteiger partial charge in [0.1, 0.15) is 0 Å². The number of rotatable bonds is 2. The lowest BCUT2D eigenvalue weighted by Gasteiger charge is -2.33. The summed E-state index contributed by atoms with van der Waals surface area (Å²) >= 11 is 0. The van der Waals surface area contributed by atoms with Crippen molar-refractivity contribution < 1.29 is 4.79 Å². The molecule has 1 atom stereocenters. The van der Waals surface area contributed by atoms with Gasteiger partial charge >= 0.3 is 0 Å². The predicted octanol–water partition coefficient (Wildman–Crippen LogP) is 1.12. The molecule has 76 valence electrons. The summed E-state index contributed by atoms with van der Waals surface area (Å²) in [6.45, 7) is 7.05. The van der Waals surface area contributed by atoms with Crippen molar-refractivity contribution in [3.8, 4) is 0 Å². The third kappa shape index (κ3) is 2.02. The van der Waals surface area contributed by atoms with Crippen LogP contribution in [-0.2, 0) is 4.79 Å². The minimum Gasteiger partial charge on any atom is -0.336 e. The quantitative estimate of drug-likeness (QED) is 0.699. The summed E-state index contributed by atoms with van der Waals surface area (Å²) in [4.78, 5) is 13.7. The van der Waals surface area contributed by atoms with Crippen LogP contribution in [0.3, 0.4) is 0 Å². The van der Waals surface area contributed by atoms with Crippen LogP contribution in [-0.4, -0.2) is 28.9 Å². The number of hydrogen-bond acceptors (Lipinski definition) is 2. The van der Waals surface area contributed by atoms with Gasteiger partial charge < -0.3 is 10.6 Å². The van der Waals surface area contributed by atoms with Gasteiger partial charge in [0, 0.05) is 12.1 Å². The van der Waals surface area contributed by atoms with Crippen LogP contribution in [0, 0.1) is 0 Å². The Labute approximate surface area is 80.3 Å². The highest BCUT2D eigenvalue weighted by molar-refractivity contribution is 5.82. The average Bonchev–Trinajstić information content (AvgIpc) is 2.42. The van der Waals surface area contributed by atoms with Crippen LogP contribution in [0.25, 0.3) is 0 Å². The Morgan fingerprint density at radius 2 is 2.23 bits per heavy atom. The second kappa shape index (κ2) is 3.66. The SMILES string of the molecule is CC[C@@H](N)C(=O)N1CCCC1(C)C. The molecular formula is C10H20N2O. The number of carbonyl (C=O) groups excluding carboxylic acids is 1. The molecule has 0 aromatic rings. The van der Waals surface area contributed by atoms with Crippen molar-refractivity contribution in [2.45, 2.75) is 51.6 Å². The Morgan fingerprint density at radius 3 is 2.62 bits per heavy atom. The van der Waals surface area contributed by atoms with Crippen LogP contribution < -0.4 is 5.73 Å². The van der Waals surface area contributed by atoms with E-state index in [-0.39, 0.29) is 17.5 Å². The molecule has 1 amide bonds. The fourth-order valence-electron chi connectivity index (χ4n) is 1.89. The topological polar surface area (TPSA) is 46.3 Å². The Bertz CT molecular complexity index is 201. The smallest absolute Gasteiger partial charge is 0.239 e. The molecule has 1 fully saturated rings. The number of nitrogens with two attached hydrogens (primary N) is 1. The third-order valence-corrected chi connectivity index (χ3v) is 2.92. The molecular weight excluding hydrogens is 164 g/mol. The molecule has 1 aliphatic rings. The first-order valence-corrected chi connectivity index (χ1v) is 5.06. The Balaban J connectivity index is 2.66. The molecule has 0 radical (unpaired) electrons. The highest BCUT2D eigenvalue weighted by Crippen LogP contribution is 2.28. The molecule has 3 heteroatoms. The first-order valence-electron chi connectivity index (χ1n) is 5.06. The molecule has 0 aromatic heterocycles. The maximum absolute atomic E-state index is 11.8. The molecule has 0 unspecified atom stereocenters. The van der Waals surface area contributed by atoms with Gasteiger partial charge in [-0.05, 0) is 33.1 Å². The van der Waals surface area contributed by atoms with E-state index in [1.807, 2.05) is 11.8 Å². The van der Waals surface area contributed by atoms with E-state index in [0.29, 0.717) is 0 Å². The summed E-state index contributed by atoms with van der Waals surface area (Å²) in [5, 5.41) is 0. The fraction of sp³-hybridized carbons (Fsp3) is 0.900. The van der Waals surface area contributed by atoms with Gasteiger partial charge in [-0.25, -0.2) is 0 Å². The van der Waals surface area contributed by atoms with Gasteiger partial charge in [-0.3, -0.25) is 4.79 Å². The van der Waals surface area contributed by atoms with E-state index < -0.39 is 0 Å². The van der Waals surface area contributed by atoms with E-state index in [2.05, 4.69) is 13.8 Å². The Kier molecular flexibility index (Phi) is 2.96. The van der Waals surface area contributed by atoms with Crippen molar-refractivity contribution in [3.05, 3.63) is 0 Å². The molecule has 1 saturated heterocycles. The minimum absolute atomic E-state index is 0.0177. The lowest BCUT2D eigenvalue weighted by molar-refractivity contribution is -0.135. The molecule has 13 heavy (non-hydrogen) atoms. The van der Waals surface area contributed by atoms with Crippen molar-refractivity contribution >= 4 is 5.91 Å². The number of likely N-dealkylation sites (tertiary alicyclic amines) is 1. The first-order chi connectivity index (χ1) is 5.99. The first kappa shape index (κ1) is 10.5. The number of hydrogen-bond donors (Lipinski definition) is 1. The third-order valence-electron chi connectivity index (χ3n) is 2.92. The molecule has 1 aliphatic heterocycles. The number of carbonyl (C=O) groups is 1. The second-order valence-corrected chi connectivity index (χ2v) is 4.42. The van der Waals surface area contributed by atoms with Gasteiger partial charge in [-0.15, -0.1) is 0 Å². The summed E-state index contributed by atoms with van der Waals surface area (Å²) < 4.78 is 0. The van der Waals surface area contributed by atoms with Crippen LogP contribution in [0.4, 0.5) is 0 Å². The normalized spacial score (nSPS) is 23.2. The summed E-state index contributed by atoms with van der Waals surface area (Å²) in [7, 11) is 0. The fourth-order valence-corrected chi connectivity index (χ4v) is 1.89. The maximum atomic E-state index is 11.8. The van der Waals surface area contributed by atoms with E-state index in [9.17, 15) is 4.79 Å². The highest BCUT2D eigenvalue weighted by Gasteiger charge is 2.36. The molecule has 3 nitrogen and oxygen atoms in total. The van der Waals surface area contributed by atoms with Crippen molar-refractivity contribution in [1.29, 1.82) is 0 Å².